The van der Waals surface area contributed by atoms with Gasteiger partial charge in [-0.1, -0.05) is 32.0 Å². The van der Waals surface area contributed by atoms with Crippen LogP contribution in [0.25, 0.3) is 10.9 Å². The molecule has 3 aromatic rings. The third-order valence-corrected chi connectivity index (χ3v) is 6.58. The van der Waals surface area contributed by atoms with Gasteiger partial charge in [0.05, 0.1) is 12.1 Å². The zero-order valence-electron chi connectivity index (χ0n) is 19.9. The summed E-state index contributed by atoms with van der Waals surface area (Å²) in [6.07, 6.45) is 3.25. The lowest BCUT2D eigenvalue weighted by Gasteiger charge is -2.31. The maximum atomic E-state index is 12.2. The minimum absolute atomic E-state index is 0.0405. The molecule has 5 nitrogen and oxygen atoms in total. The van der Waals surface area contributed by atoms with Crippen LogP contribution in [-0.2, 0) is 4.79 Å². The van der Waals surface area contributed by atoms with E-state index in [9.17, 15) is 4.79 Å². The molecular weight excluding hydrogens is 410 g/mol. The fourth-order valence-corrected chi connectivity index (χ4v) is 4.71. The number of pyridine rings is 1. The number of hydrogen-bond acceptors (Lipinski definition) is 4. The Morgan fingerprint density at radius 3 is 2.70 bits per heavy atom. The molecule has 1 aliphatic rings. The zero-order chi connectivity index (χ0) is 23.2. The highest BCUT2D eigenvalue weighted by Crippen LogP contribution is 2.35. The summed E-state index contributed by atoms with van der Waals surface area (Å²) in [5, 5.41) is 7.59. The van der Waals surface area contributed by atoms with E-state index in [0.717, 1.165) is 60.4 Å². The average molecular weight is 446 g/mol. The van der Waals surface area contributed by atoms with Gasteiger partial charge in [-0.05, 0) is 93.1 Å². The van der Waals surface area contributed by atoms with Crippen LogP contribution in [0.4, 0.5) is 5.69 Å². The summed E-state index contributed by atoms with van der Waals surface area (Å²) in [6, 6.07) is 18.6. The van der Waals surface area contributed by atoms with Crippen LogP contribution in [0.2, 0.25) is 0 Å². The number of nitrogens with zero attached hydrogens (tertiary/aromatic N) is 1. The van der Waals surface area contributed by atoms with E-state index in [0.29, 0.717) is 18.4 Å². The molecule has 1 atom stereocenters. The minimum atomic E-state index is -0.0405. The molecular formula is C28H35N3O2. The van der Waals surface area contributed by atoms with E-state index in [1.54, 1.807) is 0 Å². The molecule has 0 bridgehead atoms. The quantitative estimate of drug-likeness (QED) is 0.468. The van der Waals surface area contributed by atoms with Crippen molar-refractivity contribution >= 4 is 22.5 Å². The highest BCUT2D eigenvalue weighted by Gasteiger charge is 2.25. The number of nitrogens with one attached hydrogen (secondary N) is 2. The number of rotatable bonds is 8. The van der Waals surface area contributed by atoms with E-state index in [1.165, 1.54) is 5.56 Å². The van der Waals surface area contributed by atoms with Gasteiger partial charge in [0.1, 0.15) is 5.75 Å². The van der Waals surface area contributed by atoms with E-state index in [4.69, 9.17) is 4.74 Å². The van der Waals surface area contributed by atoms with Crippen LogP contribution in [0.3, 0.4) is 0 Å². The predicted molar refractivity (Wildman–Crippen MR) is 135 cm³/mol. The number of hydrogen-bond donors (Lipinski definition) is 2. The lowest BCUT2D eigenvalue weighted by molar-refractivity contribution is -0.118. The van der Waals surface area contributed by atoms with Gasteiger partial charge < -0.3 is 15.4 Å². The minimum Gasteiger partial charge on any atom is -0.493 e. The molecule has 2 aromatic carbocycles. The smallest absolute Gasteiger partial charge is 0.226 e. The molecule has 1 amide bonds. The number of amides is 1. The van der Waals surface area contributed by atoms with Crippen molar-refractivity contribution in [2.75, 3.05) is 25.0 Å². The van der Waals surface area contributed by atoms with Crippen LogP contribution in [0.15, 0.2) is 54.6 Å². The first-order chi connectivity index (χ1) is 16.0. The first-order valence-corrected chi connectivity index (χ1v) is 12.1. The van der Waals surface area contributed by atoms with Gasteiger partial charge in [0, 0.05) is 22.7 Å². The van der Waals surface area contributed by atoms with E-state index >= 15 is 0 Å². The molecule has 0 radical (unpaired) electrons. The van der Waals surface area contributed by atoms with Crippen molar-refractivity contribution < 1.29 is 9.53 Å². The van der Waals surface area contributed by atoms with Gasteiger partial charge in [0.25, 0.3) is 0 Å². The molecule has 0 aliphatic carbocycles. The number of carbonyl (C=O) groups excluding carboxylic acids is 1. The summed E-state index contributed by atoms with van der Waals surface area (Å²) in [7, 11) is 0. The standard InChI is InChI=1S/C28H35N3O2/c1-19(2)28(32)31-23-7-4-6-22(18-23)24(21-12-15-29-16-13-21)14-17-33-27-9-5-8-26-25(27)11-10-20(3)30-26/h4-11,18-19,21,24,29H,12-17H2,1-3H3,(H,31,32). The summed E-state index contributed by atoms with van der Waals surface area (Å²) < 4.78 is 6.30. The number of anilines is 1. The van der Waals surface area contributed by atoms with Gasteiger partial charge in [-0.25, -0.2) is 0 Å². The van der Waals surface area contributed by atoms with Crippen molar-refractivity contribution in [2.24, 2.45) is 11.8 Å². The number of aryl methyl sites for hydroxylation is 1. The monoisotopic (exact) mass is 445 g/mol. The molecule has 1 fully saturated rings. The van der Waals surface area contributed by atoms with Crippen LogP contribution in [0, 0.1) is 18.8 Å². The van der Waals surface area contributed by atoms with Crippen LogP contribution in [0.5, 0.6) is 5.75 Å². The van der Waals surface area contributed by atoms with Crippen molar-refractivity contribution in [1.29, 1.82) is 0 Å². The van der Waals surface area contributed by atoms with Crippen LogP contribution in [-0.4, -0.2) is 30.6 Å². The van der Waals surface area contributed by atoms with Gasteiger partial charge in [0.15, 0.2) is 0 Å². The molecule has 1 saturated heterocycles. The number of carbonyl (C=O) groups is 1. The first-order valence-electron chi connectivity index (χ1n) is 12.1. The van der Waals surface area contributed by atoms with Gasteiger partial charge in [0.2, 0.25) is 5.91 Å². The Balaban J connectivity index is 1.51. The number of benzene rings is 2. The second-order valence-electron chi connectivity index (χ2n) is 9.38. The van der Waals surface area contributed by atoms with Crippen LogP contribution < -0.4 is 15.4 Å². The fraction of sp³-hybridized carbons (Fsp3) is 0.429. The Labute approximate surface area is 197 Å². The molecule has 2 N–H and O–H groups in total. The van der Waals surface area contributed by atoms with Gasteiger partial charge >= 0.3 is 0 Å². The van der Waals surface area contributed by atoms with Crippen LogP contribution in [0.1, 0.15) is 50.3 Å². The van der Waals surface area contributed by atoms with Gasteiger partial charge in [-0.3, -0.25) is 9.78 Å². The van der Waals surface area contributed by atoms with E-state index < -0.39 is 0 Å². The van der Waals surface area contributed by atoms with Crippen molar-refractivity contribution in [3.05, 3.63) is 65.9 Å². The SMILES string of the molecule is Cc1ccc2c(OCCC(c3cccc(NC(=O)C(C)C)c3)C3CCNCC3)cccc2n1. The highest BCUT2D eigenvalue weighted by atomic mass is 16.5. The van der Waals surface area contributed by atoms with Gasteiger partial charge in [-0.2, -0.15) is 0 Å². The normalized spacial score (nSPS) is 15.5. The summed E-state index contributed by atoms with van der Waals surface area (Å²) in [5.41, 5.74) is 4.13. The topological polar surface area (TPSA) is 63.2 Å². The molecule has 174 valence electrons. The van der Waals surface area contributed by atoms with Crippen molar-refractivity contribution in [2.45, 2.75) is 46.0 Å². The second-order valence-corrected chi connectivity index (χ2v) is 9.38. The third kappa shape index (κ3) is 5.91. The second kappa shape index (κ2) is 10.8. The molecule has 0 spiro atoms. The van der Waals surface area contributed by atoms with E-state index in [-0.39, 0.29) is 11.8 Å². The zero-order valence-corrected chi connectivity index (χ0v) is 19.9. The number of piperidine rings is 1. The van der Waals surface area contributed by atoms with Crippen LogP contribution >= 0.6 is 0 Å². The van der Waals surface area contributed by atoms with E-state index in [2.05, 4.69) is 39.9 Å². The van der Waals surface area contributed by atoms with Crippen molar-refractivity contribution in [3.8, 4) is 5.75 Å². The summed E-state index contributed by atoms with van der Waals surface area (Å²) in [6.45, 7) is 8.59. The molecule has 4 rings (SSSR count). The Kier molecular flexibility index (Phi) is 7.61. The lowest BCUT2D eigenvalue weighted by Crippen LogP contribution is -2.31. The Morgan fingerprint density at radius 1 is 1.12 bits per heavy atom. The predicted octanol–water partition coefficient (Wildman–Crippen LogP) is 5.69. The number of aromatic nitrogens is 1. The lowest BCUT2D eigenvalue weighted by atomic mass is 9.78. The Morgan fingerprint density at radius 2 is 1.91 bits per heavy atom. The fourth-order valence-electron chi connectivity index (χ4n) is 4.71. The highest BCUT2D eigenvalue weighted by molar-refractivity contribution is 5.92. The molecule has 5 heteroatoms. The number of ether oxygens (including phenoxy) is 1. The average Bonchev–Trinajstić information content (AvgIpc) is 2.82. The molecule has 1 aliphatic heterocycles. The Bertz CT molecular complexity index is 1090. The largest absolute Gasteiger partial charge is 0.493 e. The maximum absolute atomic E-state index is 12.2. The van der Waals surface area contributed by atoms with E-state index in [1.807, 2.05) is 51.1 Å². The first kappa shape index (κ1) is 23.2. The molecule has 1 unspecified atom stereocenters. The maximum Gasteiger partial charge on any atom is 0.226 e. The van der Waals surface area contributed by atoms with Gasteiger partial charge in [-0.15, -0.1) is 0 Å². The van der Waals surface area contributed by atoms with Crippen molar-refractivity contribution in [3.63, 3.8) is 0 Å². The summed E-state index contributed by atoms with van der Waals surface area (Å²) in [5.74, 6) is 1.89. The molecule has 33 heavy (non-hydrogen) atoms. The molecule has 0 saturated carbocycles. The number of fused-ring (bicyclic) bond motifs is 1. The molecule has 2 heterocycles. The summed E-state index contributed by atoms with van der Waals surface area (Å²) >= 11 is 0. The molecule has 1 aromatic heterocycles. The summed E-state index contributed by atoms with van der Waals surface area (Å²) in [4.78, 5) is 16.8. The Hall–Kier alpha value is -2.92. The third-order valence-electron chi connectivity index (χ3n) is 6.58. The van der Waals surface area contributed by atoms with Crippen molar-refractivity contribution in [1.82, 2.24) is 10.3 Å².